The van der Waals surface area contributed by atoms with Gasteiger partial charge in [0, 0.05) is 11.1 Å². The van der Waals surface area contributed by atoms with Crippen LogP contribution >= 0.6 is 22.9 Å². The monoisotopic (exact) mass is 266 g/mol. The molecule has 0 aromatic carbocycles. The normalized spacial score (nSPS) is 12.5. The van der Waals surface area contributed by atoms with Gasteiger partial charge in [0.25, 0.3) is 0 Å². The number of nitrogens with zero attached hydrogens (tertiary/aromatic N) is 1. The zero-order valence-corrected chi connectivity index (χ0v) is 11.7. The van der Waals surface area contributed by atoms with E-state index in [0.29, 0.717) is 5.15 Å². The smallest absolute Gasteiger partial charge is 0.152 e. The fourth-order valence-electron chi connectivity index (χ4n) is 1.81. The molecular formula is C13H15ClN2S. The lowest BCUT2D eigenvalue weighted by atomic mass is 10.1. The summed E-state index contributed by atoms with van der Waals surface area (Å²) in [5.74, 6) is 0. The highest BCUT2D eigenvalue weighted by Crippen LogP contribution is 2.30. The molecule has 2 aromatic heterocycles. The number of hydrogen-bond acceptors (Lipinski definition) is 3. The Hall–Kier alpha value is -1.06. The quantitative estimate of drug-likeness (QED) is 0.822. The van der Waals surface area contributed by atoms with Gasteiger partial charge in [-0.2, -0.15) is 0 Å². The van der Waals surface area contributed by atoms with Crippen molar-refractivity contribution < 1.29 is 0 Å². The molecule has 2 rings (SSSR count). The number of rotatable bonds is 3. The molecule has 0 aliphatic heterocycles. The molecule has 2 heterocycles. The molecule has 2 nitrogen and oxygen atoms in total. The van der Waals surface area contributed by atoms with Crippen LogP contribution in [0.2, 0.25) is 5.15 Å². The minimum atomic E-state index is 0.246. The van der Waals surface area contributed by atoms with Crippen LogP contribution in [0.1, 0.15) is 29.0 Å². The first-order chi connectivity index (χ1) is 8.09. The number of thiophene rings is 1. The van der Waals surface area contributed by atoms with Crippen LogP contribution in [0.4, 0.5) is 5.69 Å². The lowest BCUT2D eigenvalue weighted by Gasteiger charge is -2.17. The maximum Gasteiger partial charge on any atom is 0.152 e. The topological polar surface area (TPSA) is 24.9 Å². The van der Waals surface area contributed by atoms with Crippen molar-refractivity contribution >= 4 is 28.6 Å². The molecule has 0 radical (unpaired) electrons. The lowest BCUT2D eigenvalue weighted by molar-refractivity contribution is 0.894. The molecule has 0 aliphatic carbocycles. The van der Waals surface area contributed by atoms with E-state index in [9.17, 15) is 0 Å². The Morgan fingerprint density at radius 3 is 2.65 bits per heavy atom. The van der Waals surface area contributed by atoms with Gasteiger partial charge in [-0.1, -0.05) is 11.6 Å². The molecule has 1 unspecified atom stereocenters. The maximum atomic E-state index is 6.10. The van der Waals surface area contributed by atoms with E-state index in [0.717, 1.165) is 11.3 Å². The van der Waals surface area contributed by atoms with Crippen LogP contribution < -0.4 is 5.32 Å². The van der Waals surface area contributed by atoms with E-state index in [1.807, 2.05) is 13.0 Å². The zero-order valence-electron chi connectivity index (χ0n) is 10.1. The summed E-state index contributed by atoms with van der Waals surface area (Å²) in [5, 5.41) is 6.08. The highest BCUT2D eigenvalue weighted by Gasteiger charge is 2.13. The third-order valence-corrected chi connectivity index (χ3v) is 4.26. The number of nitrogens with one attached hydrogen (secondary N) is 1. The molecule has 0 spiro atoms. The van der Waals surface area contributed by atoms with Gasteiger partial charge in [0.2, 0.25) is 0 Å². The first-order valence-electron chi connectivity index (χ1n) is 5.51. The molecule has 0 fully saturated rings. The Labute approximate surface area is 111 Å². The van der Waals surface area contributed by atoms with Crippen LogP contribution in [-0.2, 0) is 0 Å². The van der Waals surface area contributed by atoms with Crippen molar-refractivity contribution in [3.05, 3.63) is 44.9 Å². The molecule has 90 valence electrons. The summed E-state index contributed by atoms with van der Waals surface area (Å²) in [6, 6.07) is 4.34. The number of halogens is 1. The molecule has 0 bridgehead atoms. The first kappa shape index (κ1) is 12.4. The zero-order chi connectivity index (χ0) is 12.4. The van der Waals surface area contributed by atoms with Gasteiger partial charge in [0.15, 0.2) is 5.15 Å². The summed E-state index contributed by atoms with van der Waals surface area (Å²) in [5.41, 5.74) is 3.35. The molecule has 4 heteroatoms. The summed E-state index contributed by atoms with van der Waals surface area (Å²) in [6.45, 7) is 6.30. The van der Waals surface area contributed by atoms with E-state index >= 15 is 0 Å². The number of aromatic nitrogens is 1. The number of aryl methyl sites for hydroxylation is 2. The van der Waals surface area contributed by atoms with Gasteiger partial charge in [-0.15, -0.1) is 11.3 Å². The average molecular weight is 267 g/mol. The minimum Gasteiger partial charge on any atom is -0.375 e. The van der Waals surface area contributed by atoms with Crippen molar-refractivity contribution in [2.45, 2.75) is 26.8 Å². The summed E-state index contributed by atoms with van der Waals surface area (Å²) in [6.07, 6.45) is 1.73. The standard InChI is InChI=1S/C13H15ClN2S/c1-8-4-6-15-13(14)11(8)16-10(3)12-9(2)5-7-17-12/h4-7,10,16H,1-3H3. The summed E-state index contributed by atoms with van der Waals surface area (Å²) in [4.78, 5) is 5.44. The van der Waals surface area contributed by atoms with Gasteiger partial charge in [-0.3, -0.25) is 0 Å². The fraction of sp³-hybridized carbons (Fsp3) is 0.308. The van der Waals surface area contributed by atoms with Crippen LogP contribution in [-0.4, -0.2) is 4.98 Å². The molecule has 1 atom stereocenters. The lowest BCUT2D eigenvalue weighted by Crippen LogP contribution is -2.08. The van der Waals surface area contributed by atoms with Gasteiger partial charge >= 0.3 is 0 Å². The van der Waals surface area contributed by atoms with Crippen molar-refractivity contribution in [3.8, 4) is 0 Å². The van der Waals surface area contributed by atoms with E-state index in [1.54, 1.807) is 17.5 Å². The summed E-state index contributed by atoms with van der Waals surface area (Å²) < 4.78 is 0. The van der Waals surface area contributed by atoms with E-state index < -0.39 is 0 Å². The van der Waals surface area contributed by atoms with Gasteiger partial charge in [-0.25, -0.2) is 4.98 Å². The van der Waals surface area contributed by atoms with Gasteiger partial charge < -0.3 is 5.32 Å². The van der Waals surface area contributed by atoms with Crippen LogP contribution in [0, 0.1) is 13.8 Å². The minimum absolute atomic E-state index is 0.246. The molecular weight excluding hydrogens is 252 g/mol. The molecule has 2 aromatic rings. The van der Waals surface area contributed by atoms with Crippen molar-refractivity contribution in [2.24, 2.45) is 0 Å². The molecule has 0 aliphatic rings. The Morgan fingerprint density at radius 1 is 1.29 bits per heavy atom. The summed E-state index contributed by atoms with van der Waals surface area (Å²) in [7, 11) is 0. The highest BCUT2D eigenvalue weighted by molar-refractivity contribution is 7.10. The fourth-order valence-corrected chi connectivity index (χ4v) is 3.00. The van der Waals surface area contributed by atoms with Crippen LogP contribution in [0.3, 0.4) is 0 Å². The molecule has 0 saturated carbocycles. The third kappa shape index (κ3) is 2.61. The molecule has 0 saturated heterocycles. The SMILES string of the molecule is Cc1ccsc1C(C)Nc1c(C)ccnc1Cl. The van der Waals surface area contributed by atoms with Crippen LogP contribution in [0.25, 0.3) is 0 Å². The maximum absolute atomic E-state index is 6.10. The van der Waals surface area contributed by atoms with E-state index in [1.165, 1.54) is 10.4 Å². The molecule has 0 amide bonds. The average Bonchev–Trinajstić information content (AvgIpc) is 2.70. The predicted octanol–water partition coefficient (Wildman–Crippen LogP) is 4.59. The molecule has 1 N–H and O–H groups in total. The number of hydrogen-bond donors (Lipinski definition) is 1. The Balaban J connectivity index is 2.25. The van der Waals surface area contributed by atoms with Crippen molar-refractivity contribution in [2.75, 3.05) is 5.32 Å². The van der Waals surface area contributed by atoms with Gasteiger partial charge in [0.05, 0.1) is 11.7 Å². The van der Waals surface area contributed by atoms with Gasteiger partial charge in [-0.05, 0) is 49.4 Å². The number of anilines is 1. The Morgan fingerprint density at radius 2 is 2.06 bits per heavy atom. The van der Waals surface area contributed by atoms with Crippen LogP contribution in [0.5, 0.6) is 0 Å². The Bertz CT molecular complexity index is 502. The predicted molar refractivity (Wildman–Crippen MR) is 75.1 cm³/mol. The van der Waals surface area contributed by atoms with E-state index in [2.05, 4.69) is 35.6 Å². The van der Waals surface area contributed by atoms with E-state index in [-0.39, 0.29) is 6.04 Å². The van der Waals surface area contributed by atoms with Crippen molar-refractivity contribution in [3.63, 3.8) is 0 Å². The van der Waals surface area contributed by atoms with E-state index in [4.69, 9.17) is 11.6 Å². The summed E-state index contributed by atoms with van der Waals surface area (Å²) >= 11 is 7.87. The second-order valence-corrected chi connectivity index (χ2v) is 5.43. The van der Waals surface area contributed by atoms with Gasteiger partial charge in [0.1, 0.15) is 0 Å². The van der Waals surface area contributed by atoms with Crippen LogP contribution in [0.15, 0.2) is 23.7 Å². The third-order valence-electron chi connectivity index (χ3n) is 2.77. The first-order valence-corrected chi connectivity index (χ1v) is 6.77. The second-order valence-electron chi connectivity index (χ2n) is 4.13. The number of pyridine rings is 1. The van der Waals surface area contributed by atoms with Crippen molar-refractivity contribution in [1.82, 2.24) is 4.98 Å². The highest BCUT2D eigenvalue weighted by atomic mass is 35.5. The second kappa shape index (κ2) is 5.07. The largest absolute Gasteiger partial charge is 0.375 e. The molecule has 17 heavy (non-hydrogen) atoms. The van der Waals surface area contributed by atoms with Crippen molar-refractivity contribution in [1.29, 1.82) is 0 Å². The Kier molecular flexibility index (Phi) is 3.69.